The highest BCUT2D eigenvalue weighted by Gasteiger charge is 2.24. The lowest BCUT2D eigenvalue weighted by atomic mass is 9.94. The van der Waals surface area contributed by atoms with Crippen LogP contribution in [0, 0.1) is 0 Å². The van der Waals surface area contributed by atoms with Gasteiger partial charge in [0, 0.05) is 17.1 Å². The Kier molecular flexibility index (Phi) is 6.25. The van der Waals surface area contributed by atoms with Gasteiger partial charge in [0.05, 0.1) is 23.1 Å². The maximum Gasteiger partial charge on any atom is 0.254 e. The Morgan fingerprint density at radius 3 is 2.60 bits per heavy atom. The molecule has 2 aromatic rings. The Balaban J connectivity index is 2.31. The van der Waals surface area contributed by atoms with Crippen LogP contribution >= 0.6 is 11.6 Å². The molecule has 136 valence electrons. The van der Waals surface area contributed by atoms with Gasteiger partial charge in [-0.05, 0) is 37.0 Å². The summed E-state index contributed by atoms with van der Waals surface area (Å²) < 4.78 is 1.78. The maximum absolute atomic E-state index is 12.7. The average molecular weight is 363 g/mol. The minimum absolute atomic E-state index is 0.127. The summed E-state index contributed by atoms with van der Waals surface area (Å²) in [4.78, 5) is 12.7. The van der Waals surface area contributed by atoms with Gasteiger partial charge in [0.25, 0.3) is 5.91 Å². The van der Waals surface area contributed by atoms with Crippen LogP contribution in [-0.2, 0) is 0 Å². The highest BCUT2D eigenvalue weighted by Crippen LogP contribution is 2.24. The zero-order valence-corrected chi connectivity index (χ0v) is 16.1. The topological polar surface area (TPSA) is 72.9 Å². The number of benzene rings is 1. The number of carbonyl (C=O) groups excluding carboxylic acids is 1. The second-order valence-electron chi connectivity index (χ2n) is 6.74. The van der Waals surface area contributed by atoms with Gasteiger partial charge in [-0.1, -0.05) is 45.4 Å². The Morgan fingerprint density at radius 2 is 2.04 bits per heavy atom. The molecule has 25 heavy (non-hydrogen) atoms. The average Bonchev–Trinajstić information content (AvgIpc) is 3.05. The third kappa shape index (κ3) is 4.41. The molecule has 0 atom stereocenters. The van der Waals surface area contributed by atoms with Crippen LogP contribution in [0.5, 0.6) is 0 Å². The van der Waals surface area contributed by atoms with Crippen LogP contribution in [0.1, 0.15) is 62.5 Å². The number of aromatic nitrogens is 2. The van der Waals surface area contributed by atoms with E-state index >= 15 is 0 Å². The number of amides is 1. The van der Waals surface area contributed by atoms with Crippen molar-refractivity contribution in [3.8, 4) is 5.69 Å². The fraction of sp³-hybridized carbons (Fsp3) is 0.474. The van der Waals surface area contributed by atoms with E-state index in [1.165, 1.54) is 0 Å². The number of carbonyl (C=O) groups is 1. The van der Waals surface area contributed by atoms with Gasteiger partial charge < -0.3 is 11.1 Å². The molecule has 0 aliphatic rings. The van der Waals surface area contributed by atoms with E-state index in [-0.39, 0.29) is 17.4 Å². The van der Waals surface area contributed by atoms with Crippen LogP contribution in [0.2, 0.25) is 5.02 Å². The molecule has 0 saturated carbocycles. The van der Waals surface area contributed by atoms with Crippen molar-refractivity contribution in [2.45, 2.75) is 52.0 Å². The Morgan fingerprint density at radius 1 is 1.36 bits per heavy atom. The van der Waals surface area contributed by atoms with E-state index < -0.39 is 0 Å². The molecule has 5 nitrogen and oxygen atoms in total. The fourth-order valence-corrected chi connectivity index (χ4v) is 2.94. The van der Waals surface area contributed by atoms with Crippen molar-refractivity contribution in [3.63, 3.8) is 0 Å². The summed E-state index contributed by atoms with van der Waals surface area (Å²) in [6, 6.07) is 7.44. The highest BCUT2D eigenvalue weighted by atomic mass is 35.5. The predicted octanol–water partition coefficient (Wildman–Crippen LogP) is 3.90. The van der Waals surface area contributed by atoms with Gasteiger partial charge >= 0.3 is 0 Å². The molecule has 3 N–H and O–H groups in total. The van der Waals surface area contributed by atoms with E-state index in [1.807, 2.05) is 52.0 Å². The van der Waals surface area contributed by atoms with Gasteiger partial charge in [0.15, 0.2) is 0 Å². The number of rotatable bonds is 7. The normalized spacial score (nSPS) is 11.8. The SMILES string of the molecule is CCC(N)(CC)CNC(=O)c1cnn(-c2cccc(Cl)c2)c1C(C)C. The monoisotopic (exact) mass is 362 g/mol. The first-order valence-electron chi connectivity index (χ1n) is 8.72. The molecule has 0 saturated heterocycles. The highest BCUT2D eigenvalue weighted by molar-refractivity contribution is 6.30. The Hall–Kier alpha value is -1.85. The van der Waals surface area contributed by atoms with Crippen molar-refractivity contribution >= 4 is 17.5 Å². The third-order valence-corrected chi connectivity index (χ3v) is 4.90. The molecule has 6 heteroatoms. The number of hydrogen-bond donors (Lipinski definition) is 2. The van der Waals surface area contributed by atoms with Crippen molar-refractivity contribution < 1.29 is 4.79 Å². The summed E-state index contributed by atoms with van der Waals surface area (Å²) >= 11 is 6.09. The van der Waals surface area contributed by atoms with E-state index in [4.69, 9.17) is 17.3 Å². The molecule has 1 amide bonds. The summed E-state index contributed by atoms with van der Waals surface area (Å²) in [6.45, 7) is 8.60. The summed E-state index contributed by atoms with van der Waals surface area (Å²) in [7, 11) is 0. The minimum Gasteiger partial charge on any atom is -0.350 e. The van der Waals surface area contributed by atoms with E-state index in [1.54, 1.807) is 10.9 Å². The maximum atomic E-state index is 12.7. The summed E-state index contributed by atoms with van der Waals surface area (Å²) in [5.41, 5.74) is 8.17. The van der Waals surface area contributed by atoms with Gasteiger partial charge in [0.2, 0.25) is 0 Å². The van der Waals surface area contributed by atoms with Crippen molar-refractivity contribution in [3.05, 3.63) is 46.7 Å². The van der Waals surface area contributed by atoms with E-state index in [9.17, 15) is 4.79 Å². The zero-order chi connectivity index (χ0) is 18.6. The second-order valence-corrected chi connectivity index (χ2v) is 7.18. The molecular weight excluding hydrogens is 336 g/mol. The molecule has 0 fully saturated rings. The Labute approximate surface area is 154 Å². The van der Waals surface area contributed by atoms with E-state index in [2.05, 4.69) is 10.4 Å². The van der Waals surface area contributed by atoms with Gasteiger partial charge in [-0.15, -0.1) is 0 Å². The first-order valence-corrected chi connectivity index (χ1v) is 9.10. The molecular formula is C19H27ClN4O. The molecule has 2 rings (SSSR count). The molecule has 1 heterocycles. The third-order valence-electron chi connectivity index (χ3n) is 4.66. The molecule has 0 aliphatic carbocycles. The van der Waals surface area contributed by atoms with Crippen molar-refractivity contribution in [2.75, 3.05) is 6.54 Å². The molecule has 0 unspecified atom stereocenters. The first kappa shape index (κ1) is 19.5. The van der Waals surface area contributed by atoms with E-state index in [0.717, 1.165) is 24.2 Å². The smallest absolute Gasteiger partial charge is 0.254 e. The van der Waals surface area contributed by atoms with Crippen LogP contribution < -0.4 is 11.1 Å². The summed E-state index contributed by atoms with van der Waals surface area (Å²) in [6.07, 6.45) is 3.23. The van der Waals surface area contributed by atoms with Crippen LogP contribution in [0.3, 0.4) is 0 Å². The lowest BCUT2D eigenvalue weighted by Gasteiger charge is -2.26. The largest absolute Gasteiger partial charge is 0.350 e. The Bertz CT molecular complexity index is 735. The molecule has 0 aliphatic heterocycles. The molecule has 0 spiro atoms. The predicted molar refractivity (Wildman–Crippen MR) is 102 cm³/mol. The van der Waals surface area contributed by atoms with E-state index in [0.29, 0.717) is 17.1 Å². The standard InChI is InChI=1S/C19H27ClN4O/c1-5-19(21,6-2)12-22-18(25)16-11-23-24(17(16)13(3)4)15-9-7-8-14(20)10-15/h7-11,13H,5-6,12,21H2,1-4H3,(H,22,25). The first-order chi connectivity index (χ1) is 11.8. The number of nitrogens with zero attached hydrogens (tertiary/aromatic N) is 2. The summed E-state index contributed by atoms with van der Waals surface area (Å²) in [5.74, 6) is -0.0177. The van der Waals surface area contributed by atoms with Crippen molar-refractivity contribution in [1.82, 2.24) is 15.1 Å². The van der Waals surface area contributed by atoms with Crippen LogP contribution in [0.25, 0.3) is 5.69 Å². The quantitative estimate of drug-likeness (QED) is 0.784. The molecule has 1 aromatic carbocycles. The lowest BCUT2D eigenvalue weighted by molar-refractivity contribution is 0.0941. The number of nitrogens with one attached hydrogen (secondary N) is 1. The van der Waals surface area contributed by atoms with Gasteiger partial charge in [-0.2, -0.15) is 5.10 Å². The number of halogens is 1. The van der Waals surface area contributed by atoms with Crippen molar-refractivity contribution in [2.24, 2.45) is 5.73 Å². The zero-order valence-electron chi connectivity index (χ0n) is 15.3. The molecule has 1 aromatic heterocycles. The van der Waals surface area contributed by atoms with Crippen molar-refractivity contribution in [1.29, 1.82) is 0 Å². The fourth-order valence-electron chi connectivity index (χ4n) is 2.75. The number of hydrogen-bond acceptors (Lipinski definition) is 3. The number of nitrogens with two attached hydrogens (primary N) is 1. The molecule has 0 radical (unpaired) electrons. The lowest BCUT2D eigenvalue weighted by Crippen LogP contribution is -2.49. The van der Waals surface area contributed by atoms with Gasteiger partial charge in [0.1, 0.15) is 0 Å². The van der Waals surface area contributed by atoms with Gasteiger partial charge in [-0.3, -0.25) is 4.79 Å². The minimum atomic E-state index is -0.378. The van der Waals surface area contributed by atoms with Crippen LogP contribution in [0.15, 0.2) is 30.5 Å². The van der Waals surface area contributed by atoms with Crippen LogP contribution in [0.4, 0.5) is 0 Å². The molecule has 0 bridgehead atoms. The second kappa shape index (κ2) is 8.02. The summed E-state index contributed by atoms with van der Waals surface area (Å²) in [5, 5.41) is 8.02. The van der Waals surface area contributed by atoms with Crippen LogP contribution in [-0.4, -0.2) is 27.8 Å². The van der Waals surface area contributed by atoms with Gasteiger partial charge in [-0.25, -0.2) is 4.68 Å².